The van der Waals surface area contributed by atoms with Gasteiger partial charge >= 0.3 is 0 Å². The van der Waals surface area contributed by atoms with Crippen LogP contribution in [0.25, 0.3) is 0 Å². The van der Waals surface area contributed by atoms with E-state index in [0.29, 0.717) is 29.8 Å². The zero-order valence-electron chi connectivity index (χ0n) is 19.3. The number of aliphatic hydroxyl groups excluding tert-OH is 2. The molecule has 0 aliphatic rings. The largest absolute Gasteiger partial charge is 0.493 e. The molecule has 0 unspecified atom stereocenters. The summed E-state index contributed by atoms with van der Waals surface area (Å²) in [4.78, 5) is 0. The molecule has 0 amide bonds. The molecule has 0 saturated heterocycles. The zero-order chi connectivity index (χ0) is 23.8. The molecule has 178 valence electrons. The van der Waals surface area contributed by atoms with Crippen molar-refractivity contribution in [3.05, 3.63) is 71.5 Å². The van der Waals surface area contributed by atoms with Gasteiger partial charge in [0.05, 0.1) is 31.6 Å². The molecule has 0 bridgehead atoms. The average Bonchev–Trinajstić information content (AvgIpc) is 3.28. The van der Waals surface area contributed by atoms with Crippen LogP contribution in [0.15, 0.2) is 54.7 Å². The molecule has 1 aromatic heterocycles. The Bertz CT molecular complexity index is 990. The fraction of sp³-hybridized carbons (Fsp3) is 0.440. The number of ether oxygens (including phenoxy) is 2. The van der Waals surface area contributed by atoms with Crippen LogP contribution >= 0.6 is 11.6 Å². The molecule has 2 N–H and O–H groups in total. The van der Waals surface area contributed by atoms with Crippen molar-refractivity contribution in [2.75, 3.05) is 19.1 Å². The van der Waals surface area contributed by atoms with E-state index in [-0.39, 0.29) is 25.2 Å². The van der Waals surface area contributed by atoms with Crippen molar-refractivity contribution in [3.63, 3.8) is 0 Å². The van der Waals surface area contributed by atoms with Crippen LogP contribution in [0.2, 0.25) is 0 Å². The van der Waals surface area contributed by atoms with Crippen LogP contribution in [-0.2, 0) is 18.6 Å². The molecular formula is C25H32ClN3O4. The van der Waals surface area contributed by atoms with Crippen LogP contribution in [0.4, 0.5) is 0 Å². The number of benzene rings is 2. The molecule has 0 spiro atoms. The lowest BCUT2D eigenvalue weighted by Gasteiger charge is -2.26. The summed E-state index contributed by atoms with van der Waals surface area (Å²) in [5.74, 6) is 2.40. The van der Waals surface area contributed by atoms with Gasteiger partial charge in [0, 0.05) is 17.2 Å². The Kier molecular flexibility index (Phi) is 8.72. The molecule has 8 heteroatoms. The van der Waals surface area contributed by atoms with Gasteiger partial charge in [-0.15, -0.1) is 16.7 Å². The van der Waals surface area contributed by atoms with Gasteiger partial charge in [0.1, 0.15) is 24.2 Å². The maximum atomic E-state index is 10.2. The van der Waals surface area contributed by atoms with Gasteiger partial charge in [-0.2, -0.15) is 0 Å². The van der Waals surface area contributed by atoms with Crippen molar-refractivity contribution in [1.82, 2.24) is 15.0 Å². The van der Waals surface area contributed by atoms with E-state index in [2.05, 4.69) is 43.2 Å². The molecule has 0 fully saturated rings. The molecule has 0 aliphatic heterocycles. The third kappa shape index (κ3) is 6.69. The summed E-state index contributed by atoms with van der Waals surface area (Å²) in [5.41, 5.74) is 2.67. The van der Waals surface area contributed by atoms with E-state index in [9.17, 15) is 10.2 Å². The second kappa shape index (κ2) is 11.5. The lowest BCUT2D eigenvalue weighted by molar-refractivity contribution is 0.0866. The topological polar surface area (TPSA) is 89.6 Å². The normalized spacial score (nSPS) is 13.5. The van der Waals surface area contributed by atoms with Gasteiger partial charge in [-0.3, -0.25) is 0 Å². The molecule has 2 atom stereocenters. The smallest absolute Gasteiger partial charge is 0.119 e. The highest BCUT2D eigenvalue weighted by Crippen LogP contribution is 2.33. The SMILES string of the molecule is C[C@@H](CCl)COc1ccc(C(C)(C)c2ccc(OC[C@H](O)Cn3nncc3CO)cc2)cc1. The number of halogens is 1. The summed E-state index contributed by atoms with van der Waals surface area (Å²) in [7, 11) is 0. The Labute approximate surface area is 199 Å². The number of rotatable bonds is 12. The highest BCUT2D eigenvalue weighted by Gasteiger charge is 2.23. The molecule has 7 nitrogen and oxygen atoms in total. The number of alkyl halides is 1. The summed E-state index contributed by atoms with van der Waals surface area (Å²) < 4.78 is 13.0. The third-order valence-electron chi connectivity index (χ3n) is 5.64. The number of aromatic nitrogens is 3. The Morgan fingerprint density at radius 1 is 0.970 bits per heavy atom. The first-order valence-corrected chi connectivity index (χ1v) is 11.6. The van der Waals surface area contributed by atoms with E-state index < -0.39 is 6.10 Å². The Morgan fingerprint density at radius 2 is 1.52 bits per heavy atom. The van der Waals surface area contributed by atoms with Crippen molar-refractivity contribution >= 4 is 11.6 Å². The highest BCUT2D eigenvalue weighted by molar-refractivity contribution is 6.18. The molecule has 0 saturated carbocycles. The molecular weight excluding hydrogens is 442 g/mol. The number of aliphatic hydroxyl groups is 2. The zero-order valence-corrected chi connectivity index (χ0v) is 20.1. The predicted octanol–water partition coefficient (Wildman–Crippen LogP) is 3.79. The molecule has 0 aliphatic carbocycles. The van der Waals surface area contributed by atoms with Gasteiger partial charge in [0.25, 0.3) is 0 Å². The van der Waals surface area contributed by atoms with Gasteiger partial charge in [0.15, 0.2) is 0 Å². The molecule has 3 rings (SSSR count). The summed E-state index contributed by atoms with van der Waals surface area (Å²) >= 11 is 5.84. The highest BCUT2D eigenvalue weighted by atomic mass is 35.5. The van der Waals surface area contributed by atoms with Crippen molar-refractivity contribution in [1.29, 1.82) is 0 Å². The first kappa shape index (κ1) is 25.0. The number of hydrogen-bond acceptors (Lipinski definition) is 6. The molecule has 2 aromatic carbocycles. The minimum atomic E-state index is -0.777. The van der Waals surface area contributed by atoms with Crippen LogP contribution in [-0.4, -0.2) is 50.4 Å². The van der Waals surface area contributed by atoms with Crippen LogP contribution in [0.3, 0.4) is 0 Å². The third-order valence-corrected chi connectivity index (χ3v) is 6.16. The lowest BCUT2D eigenvalue weighted by atomic mass is 9.78. The van der Waals surface area contributed by atoms with Gasteiger partial charge in [-0.1, -0.05) is 50.3 Å². The summed E-state index contributed by atoms with van der Waals surface area (Å²) in [5, 5.41) is 27.1. The molecule has 1 heterocycles. The van der Waals surface area contributed by atoms with Crippen molar-refractivity contribution in [2.24, 2.45) is 5.92 Å². The van der Waals surface area contributed by atoms with E-state index in [1.165, 1.54) is 16.4 Å². The van der Waals surface area contributed by atoms with Crippen molar-refractivity contribution in [3.8, 4) is 11.5 Å². The number of nitrogens with zero attached hydrogens (tertiary/aromatic N) is 3. The predicted molar refractivity (Wildman–Crippen MR) is 128 cm³/mol. The Morgan fingerprint density at radius 3 is 2.03 bits per heavy atom. The first-order valence-electron chi connectivity index (χ1n) is 11.0. The van der Waals surface area contributed by atoms with Crippen LogP contribution in [0.5, 0.6) is 11.5 Å². The van der Waals surface area contributed by atoms with Gasteiger partial charge in [-0.05, 0) is 35.4 Å². The summed E-state index contributed by atoms with van der Waals surface area (Å²) in [6, 6.07) is 16.1. The molecule has 33 heavy (non-hydrogen) atoms. The van der Waals surface area contributed by atoms with Gasteiger partial charge in [0.2, 0.25) is 0 Å². The fourth-order valence-electron chi connectivity index (χ4n) is 3.39. The Hall–Kier alpha value is -2.61. The van der Waals surface area contributed by atoms with E-state index >= 15 is 0 Å². The number of hydrogen-bond donors (Lipinski definition) is 2. The standard InChI is InChI=1S/C25H32ClN3O4/c1-18(12-26)16-32-23-8-4-19(5-9-23)25(2,3)20-6-10-24(11-7-20)33-17-22(31)14-29-21(15-30)13-27-28-29/h4-11,13,18,22,30-31H,12,14-17H2,1-3H3/t18-,22+/m0/s1. The van der Waals surface area contributed by atoms with Crippen LogP contribution in [0.1, 0.15) is 37.6 Å². The second-order valence-corrected chi connectivity index (χ2v) is 9.08. The molecule has 3 aromatic rings. The van der Waals surface area contributed by atoms with Crippen LogP contribution < -0.4 is 9.47 Å². The monoisotopic (exact) mass is 473 g/mol. The van der Waals surface area contributed by atoms with E-state index in [4.69, 9.17) is 21.1 Å². The van der Waals surface area contributed by atoms with Gasteiger partial charge in [-0.25, -0.2) is 4.68 Å². The van der Waals surface area contributed by atoms with Crippen LogP contribution in [0, 0.1) is 5.92 Å². The quantitative estimate of drug-likeness (QED) is 0.389. The minimum absolute atomic E-state index is 0.108. The van der Waals surface area contributed by atoms with Crippen molar-refractivity contribution < 1.29 is 19.7 Å². The Balaban J connectivity index is 1.56. The average molecular weight is 474 g/mol. The van der Waals surface area contributed by atoms with E-state index in [0.717, 1.165) is 11.3 Å². The maximum Gasteiger partial charge on any atom is 0.119 e. The molecule has 0 radical (unpaired) electrons. The summed E-state index contributed by atoms with van der Waals surface area (Å²) in [6.45, 7) is 7.14. The van der Waals surface area contributed by atoms with Crippen molar-refractivity contribution in [2.45, 2.75) is 45.4 Å². The fourth-order valence-corrected chi connectivity index (χ4v) is 3.47. The lowest BCUT2D eigenvalue weighted by Crippen LogP contribution is -2.25. The second-order valence-electron chi connectivity index (χ2n) is 8.77. The first-order chi connectivity index (χ1) is 15.8. The maximum absolute atomic E-state index is 10.2. The van der Waals surface area contributed by atoms with Gasteiger partial charge < -0.3 is 19.7 Å². The summed E-state index contributed by atoms with van der Waals surface area (Å²) in [6.07, 6.45) is 0.692. The van der Waals surface area contributed by atoms with E-state index in [1.54, 1.807) is 0 Å². The minimum Gasteiger partial charge on any atom is -0.493 e. The van der Waals surface area contributed by atoms with E-state index in [1.807, 2.05) is 36.4 Å².